The van der Waals surface area contributed by atoms with Crippen molar-refractivity contribution in [1.82, 2.24) is 20.3 Å². The summed E-state index contributed by atoms with van der Waals surface area (Å²) in [6.07, 6.45) is 1.39. The fraction of sp³-hybridized carbons (Fsp3) is 0.600. The standard InChI is InChI=1S/C10H14ClN7/c1-13-8-15-7(11)16-9(17-8)18-10(6-12)2-4-14-5-3-10/h14H,2-5H2,1H3,(H2,13,15,16,17,18). The van der Waals surface area contributed by atoms with Gasteiger partial charge in [0.1, 0.15) is 5.54 Å². The molecular formula is C10H14ClN7. The van der Waals surface area contributed by atoms with Crippen molar-refractivity contribution in [3.05, 3.63) is 5.28 Å². The van der Waals surface area contributed by atoms with Gasteiger partial charge >= 0.3 is 0 Å². The lowest BCUT2D eigenvalue weighted by atomic mass is 9.90. The number of nitrogens with zero attached hydrogens (tertiary/aromatic N) is 4. The normalized spacial score (nSPS) is 17.8. The number of nitrogens with one attached hydrogen (secondary N) is 3. The summed E-state index contributed by atoms with van der Waals surface area (Å²) >= 11 is 5.80. The highest BCUT2D eigenvalue weighted by Gasteiger charge is 2.32. The van der Waals surface area contributed by atoms with Crippen LogP contribution in [0.2, 0.25) is 5.28 Å². The third-order valence-electron chi connectivity index (χ3n) is 2.85. The molecule has 3 N–H and O–H groups in total. The molecule has 2 heterocycles. The minimum absolute atomic E-state index is 0.0962. The van der Waals surface area contributed by atoms with E-state index in [0.717, 1.165) is 13.1 Å². The molecule has 0 saturated carbocycles. The highest BCUT2D eigenvalue weighted by atomic mass is 35.5. The zero-order chi connectivity index (χ0) is 13.0. The molecule has 1 aromatic heterocycles. The number of hydrogen-bond acceptors (Lipinski definition) is 7. The molecule has 0 bridgehead atoms. The summed E-state index contributed by atoms with van der Waals surface area (Å²) in [6, 6.07) is 2.31. The van der Waals surface area contributed by atoms with Crippen molar-refractivity contribution in [3.8, 4) is 6.07 Å². The number of nitriles is 1. The van der Waals surface area contributed by atoms with E-state index in [1.165, 1.54) is 0 Å². The van der Waals surface area contributed by atoms with Crippen LogP contribution in [0.3, 0.4) is 0 Å². The monoisotopic (exact) mass is 267 g/mol. The first-order chi connectivity index (χ1) is 8.67. The van der Waals surface area contributed by atoms with Crippen molar-refractivity contribution in [2.45, 2.75) is 18.4 Å². The van der Waals surface area contributed by atoms with E-state index in [2.05, 4.69) is 37.0 Å². The van der Waals surface area contributed by atoms with E-state index < -0.39 is 5.54 Å². The Morgan fingerprint density at radius 2 is 1.94 bits per heavy atom. The number of piperidine rings is 1. The Kier molecular flexibility index (Phi) is 3.79. The smallest absolute Gasteiger partial charge is 0.230 e. The van der Waals surface area contributed by atoms with E-state index >= 15 is 0 Å². The Morgan fingerprint density at radius 3 is 2.56 bits per heavy atom. The van der Waals surface area contributed by atoms with Crippen molar-refractivity contribution in [2.75, 3.05) is 30.8 Å². The molecule has 7 nitrogen and oxygen atoms in total. The molecular weight excluding hydrogens is 254 g/mol. The lowest BCUT2D eigenvalue weighted by molar-refractivity contribution is 0.407. The van der Waals surface area contributed by atoms with E-state index in [0.29, 0.717) is 24.7 Å². The average Bonchev–Trinajstić information content (AvgIpc) is 2.39. The number of anilines is 2. The molecule has 0 aliphatic carbocycles. The molecule has 1 aliphatic rings. The minimum Gasteiger partial charge on any atom is -0.357 e. The summed E-state index contributed by atoms with van der Waals surface area (Å²) in [7, 11) is 1.69. The Hall–Kier alpha value is -1.65. The lowest BCUT2D eigenvalue weighted by Gasteiger charge is -2.31. The molecule has 0 atom stereocenters. The molecule has 2 rings (SSSR count). The Labute approximate surface area is 110 Å². The van der Waals surface area contributed by atoms with Gasteiger partial charge in [0, 0.05) is 7.05 Å². The number of hydrogen-bond donors (Lipinski definition) is 3. The topological polar surface area (TPSA) is 98.5 Å². The summed E-state index contributed by atoms with van der Waals surface area (Å²) in [4.78, 5) is 12.0. The number of aromatic nitrogens is 3. The van der Waals surface area contributed by atoms with Crippen LogP contribution in [0.25, 0.3) is 0 Å². The van der Waals surface area contributed by atoms with Gasteiger partial charge in [-0.1, -0.05) is 0 Å². The summed E-state index contributed by atoms with van der Waals surface area (Å²) in [5, 5.41) is 18.5. The van der Waals surface area contributed by atoms with Gasteiger partial charge in [0.25, 0.3) is 0 Å². The molecule has 18 heavy (non-hydrogen) atoms. The Bertz CT molecular complexity index is 464. The summed E-state index contributed by atoms with van der Waals surface area (Å²) in [6.45, 7) is 1.58. The highest BCUT2D eigenvalue weighted by Crippen LogP contribution is 2.22. The van der Waals surface area contributed by atoms with Gasteiger partial charge in [-0.3, -0.25) is 0 Å². The van der Waals surface area contributed by atoms with E-state index in [-0.39, 0.29) is 5.28 Å². The van der Waals surface area contributed by atoms with Crippen LogP contribution in [0, 0.1) is 11.3 Å². The molecule has 0 spiro atoms. The third kappa shape index (κ3) is 2.78. The molecule has 0 aromatic carbocycles. The summed E-state index contributed by atoms with van der Waals surface area (Å²) in [5.41, 5.74) is -0.638. The predicted octanol–water partition coefficient (Wildman–Crippen LogP) is 0.624. The minimum atomic E-state index is -0.638. The van der Waals surface area contributed by atoms with Crippen molar-refractivity contribution < 1.29 is 0 Å². The lowest BCUT2D eigenvalue weighted by Crippen LogP contribution is -2.47. The molecule has 1 aliphatic heterocycles. The van der Waals surface area contributed by atoms with Crippen LogP contribution >= 0.6 is 11.6 Å². The van der Waals surface area contributed by atoms with Gasteiger partial charge in [-0.2, -0.15) is 20.2 Å². The molecule has 0 unspecified atom stereocenters. The van der Waals surface area contributed by atoms with Gasteiger partial charge in [-0.25, -0.2) is 0 Å². The third-order valence-corrected chi connectivity index (χ3v) is 3.02. The Balaban J connectivity index is 2.21. The van der Waals surface area contributed by atoms with Crippen LogP contribution in [0.15, 0.2) is 0 Å². The second kappa shape index (κ2) is 5.33. The quantitative estimate of drug-likeness (QED) is 0.738. The molecule has 1 fully saturated rings. The van der Waals surface area contributed by atoms with Gasteiger partial charge in [0.05, 0.1) is 6.07 Å². The maximum atomic E-state index is 9.34. The maximum absolute atomic E-state index is 9.34. The van der Waals surface area contributed by atoms with E-state index in [9.17, 15) is 5.26 Å². The molecule has 0 amide bonds. The molecule has 8 heteroatoms. The Morgan fingerprint density at radius 1 is 1.28 bits per heavy atom. The number of halogens is 1. The summed E-state index contributed by atoms with van der Waals surface area (Å²) < 4.78 is 0. The fourth-order valence-electron chi connectivity index (χ4n) is 1.85. The van der Waals surface area contributed by atoms with Gasteiger partial charge in [-0.15, -0.1) is 0 Å². The van der Waals surface area contributed by atoms with Crippen LogP contribution in [0.5, 0.6) is 0 Å². The SMILES string of the molecule is CNc1nc(Cl)nc(NC2(C#N)CCNCC2)n1. The second-order valence-electron chi connectivity index (χ2n) is 4.07. The first-order valence-electron chi connectivity index (χ1n) is 5.67. The fourth-order valence-corrected chi connectivity index (χ4v) is 2.01. The van der Waals surface area contributed by atoms with E-state index in [4.69, 9.17) is 11.6 Å². The van der Waals surface area contributed by atoms with Gasteiger partial charge < -0.3 is 16.0 Å². The second-order valence-corrected chi connectivity index (χ2v) is 4.41. The molecule has 1 saturated heterocycles. The largest absolute Gasteiger partial charge is 0.357 e. The van der Waals surface area contributed by atoms with E-state index in [1.807, 2.05) is 0 Å². The average molecular weight is 268 g/mol. The van der Waals surface area contributed by atoms with Crippen LogP contribution in [-0.2, 0) is 0 Å². The zero-order valence-corrected chi connectivity index (χ0v) is 10.8. The van der Waals surface area contributed by atoms with Gasteiger partial charge in [0.15, 0.2) is 0 Å². The van der Waals surface area contributed by atoms with Crippen LogP contribution in [0.4, 0.5) is 11.9 Å². The molecule has 0 radical (unpaired) electrons. The maximum Gasteiger partial charge on any atom is 0.230 e. The molecule has 96 valence electrons. The van der Waals surface area contributed by atoms with Crippen molar-refractivity contribution in [1.29, 1.82) is 5.26 Å². The summed E-state index contributed by atoms with van der Waals surface area (Å²) in [5.74, 6) is 0.697. The van der Waals surface area contributed by atoms with Crippen molar-refractivity contribution >= 4 is 23.5 Å². The van der Waals surface area contributed by atoms with Crippen LogP contribution < -0.4 is 16.0 Å². The van der Waals surface area contributed by atoms with Crippen LogP contribution in [0.1, 0.15) is 12.8 Å². The predicted molar refractivity (Wildman–Crippen MR) is 68.5 cm³/mol. The first kappa shape index (κ1) is 12.8. The highest BCUT2D eigenvalue weighted by molar-refractivity contribution is 6.28. The first-order valence-corrected chi connectivity index (χ1v) is 6.05. The van der Waals surface area contributed by atoms with Crippen LogP contribution in [-0.4, -0.2) is 40.6 Å². The number of rotatable bonds is 3. The van der Waals surface area contributed by atoms with Gasteiger partial charge in [-0.05, 0) is 37.5 Å². The van der Waals surface area contributed by atoms with Gasteiger partial charge in [0.2, 0.25) is 17.2 Å². The van der Waals surface area contributed by atoms with E-state index in [1.54, 1.807) is 7.05 Å². The van der Waals surface area contributed by atoms with Crippen molar-refractivity contribution in [2.24, 2.45) is 0 Å². The zero-order valence-electron chi connectivity index (χ0n) is 10.00. The molecule has 1 aromatic rings. The van der Waals surface area contributed by atoms with Crippen molar-refractivity contribution in [3.63, 3.8) is 0 Å².